The molecule has 0 aliphatic carbocycles. The van der Waals surface area contributed by atoms with Crippen molar-refractivity contribution in [2.24, 2.45) is 0 Å². The number of nitrogens with one attached hydrogen (secondary N) is 1. The summed E-state index contributed by atoms with van der Waals surface area (Å²) in [4.78, 5) is 12.6. The van der Waals surface area contributed by atoms with Gasteiger partial charge >= 0.3 is 0 Å². The van der Waals surface area contributed by atoms with Gasteiger partial charge in [0.2, 0.25) is 5.91 Å². The molecule has 0 spiro atoms. The molecule has 3 N–H and O–H groups in total. The van der Waals surface area contributed by atoms with Crippen LogP contribution in [-0.2, 0) is 15.6 Å². The minimum Gasteiger partial charge on any atom is -0.397 e. The van der Waals surface area contributed by atoms with Gasteiger partial charge in [-0.05, 0) is 36.8 Å². The summed E-state index contributed by atoms with van der Waals surface area (Å²) in [5, 5.41) is 3.10. The molecule has 0 aromatic heterocycles. The van der Waals surface area contributed by atoms with Gasteiger partial charge in [-0.15, -0.1) is 0 Å². The van der Waals surface area contributed by atoms with Gasteiger partial charge in [0.25, 0.3) is 0 Å². The number of hydrogen-bond donors (Lipinski definition) is 2. The van der Waals surface area contributed by atoms with E-state index in [-0.39, 0.29) is 11.7 Å². The maximum Gasteiger partial charge on any atom is 0.237 e. The highest BCUT2D eigenvalue weighted by molar-refractivity contribution is 7.85. The third kappa shape index (κ3) is 4.06. The fourth-order valence-electron chi connectivity index (χ4n) is 1.83. The van der Waals surface area contributed by atoms with Crippen molar-refractivity contribution in [1.29, 1.82) is 0 Å². The number of anilines is 2. The lowest BCUT2D eigenvalue weighted by molar-refractivity contribution is -0.113. The second kappa shape index (κ2) is 6.74. The highest BCUT2D eigenvalue weighted by atomic mass is 35.5. The molecule has 2 aromatic carbocycles. The third-order valence-electron chi connectivity index (χ3n) is 2.89. The number of amides is 1. The van der Waals surface area contributed by atoms with Crippen LogP contribution in [0.15, 0.2) is 47.4 Å². The van der Waals surface area contributed by atoms with Gasteiger partial charge < -0.3 is 11.1 Å². The van der Waals surface area contributed by atoms with Crippen LogP contribution in [-0.4, -0.2) is 15.9 Å². The van der Waals surface area contributed by atoms with Crippen LogP contribution in [0.2, 0.25) is 5.02 Å². The molecule has 0 bridgehead atoms. The first-order valence-electron chi connectivity index (χ1n) is 6.26. The van der Waals surface area contributed by atoms with Crippen molar-refractivity contribution in [1.82, 2.24) is 0 Å². The van der Waals surface area contributed by atoms with Gasteiger partial charge in [-0.25, -0.2) is 0 Å². The highest BCUT2D eigenvalue weighted by Crippen LogP contribution is 2.23. The molecule has 0 saturated heterocycles. The Balaban J connectivity index is 2.07. The maximum absolute atomic E-state index is 12.2. The molecular formula is C15H15ClN2O2S. The molecule has 0 saturated carbocycles. The van der Waals surface area contributed by atoms with Gasteiger partial charge in [-0.2, -0.15) is 0 Å². The summed E-state index contributed by atoms with van der Waals surface area (Å²) in [6, 6.07) is 12.1. The summed E-state index contributed by atoms with van der Waals surface area (Å²) < 4.78 is 12.2. The Kier molecular flexibility index (Phi) is 4.98. The molecule has 0 fully saturated rings. The lowest BCUT2D eigenvalue weighted by Gasteiger charge is -2.09. The second-order valence-corrected chi connectivity index (χ2v) is 6.39. The van der Waals surface area contributed by atoms with Crippen LogP contribution in [0.25, 0.3) is 0 Å². The van der Waals surface area contributed by atoms with Gasteiger partial charge in [0.15, 0.2) is 0 Å². The van der Waals surface area contributed by atoms with Crippen molar-refractivity contribution in [3.05, 3.63) is 53.1 Å². The molecule has 0 radical (unpaired) electrons. The van der Waals surface area contributed by atoms with E-state index >= 15 is 0 Å². The van der Waals surface area contributed by atoms with Gasteiger partial charge in [0.05, 0.1) is 22.2 Å². The first-order valence-corrected chi connectivity index (χ1v) is 7.96. The van der Waals surface area contributed by atoms with E-state index < -0.39 is 10.8 Å². The average Bonchev–Trinajstić information content (AvgIpc) is 2.43. The second-order valence-electron chi connectivity index (χ2n) is 4.54. The maximum atomic E-state index is 12.2. The number of rotatable bonds is 4. The fourth-order valence-corrected chi connectivity index (χ4v) is 3.13. The molecule has 0 aliphatic rings. The quantitative estimate of drug-likeness (QED) is 0.850. The van der Waals surface area contributed by atoms with Crippen LogP contribution in [0.1, 0.15) is 5.56 Å². The topological polar surface area (TPSA) is 72.2 Å². The minimum absolute atomic E-state index is 0.128. The number of nitrogen functional groups attached to an aromatic ring is 1. The van der Waals surface area contributed by atoms with Crippen LogP contribution >= 0.6 is 11.6 Å². The Morgan fingerprint density at radius 2 is 2.00 bits per heavy atom. The molecule has 2 rings (SSSR count). The zero-order chi connectivity index (χ0) is 15.4. The van der Waals surface area contributed by atoms with E-state index in [2.05, 4.69) is 5.32 Å². The molecular weight excluding hydrogens is 308 g/mol. The predicted octanol–water partition coefficient (Wildman–Crippen LogP) is 2.98. The average molecular weight is 323 g/mol. The summed E-state index contributed by atoms with van der Waals surface area (Å²) in [5.41, 5.74) is 7.49. The number of aryl methyl sites for hydroxylation is 1. The first kappa shape index (κ1) is 15.5. The van der Waals surface area contributed by atoms with E-state index in [0.29, 0.717) is 21.3 Å². The molecule has 4 nitrogen and oxygen atoms in total. The Morgan fingerprint density at radius 1 is 1.29 bits per heavy atom. The Bertz CT molecular complexity index is 704. The van der Waals surface area contributed by atoms with Crippen LogP contribution < -0.4 is 11.1 Å². The molecule has 110 valence electrons. The van der Waals surface area contributed by atoms with Crippen LogP contribution in [0.5, 0.6) is 0 Å². The minimum atomic E-state index is -1.40. The fraction of sp³-hybridized carbons (Fsp3) is 0.133. The SMILES string of the molecule is Cc1ccccc1S(=O)CC(=O)Nc1cc(Cl)ccc1N. The van der Waals surface area contributed by atoms with Crippen molar-refractivity contribution in [2.75, 3.05) is 16.8 Å². The number of halogens is 1. The zero-order valence-corrected chi connectivity index (χ0v) is 13.0. The van der Waals surface area contributed by atoms with Crippen molar-refractivity contribution >= 4 is 39.7 Å². The third-order valence-corrected chi connectivity index (χ3v) is 4.60. The van der Waals surface area contributed by atoms with Crippen LogP contribution in [0.4, 0.5) is 11.4 Å². The van der Waals surface area contributed by atoms with Crippen LogP contribution in [0, 0.1) is 6.92 Å². The molecule has 1 amide bonds. The van der Waals surface area contributed by atoms with Gasteiger partial charge in [0.1, 0.15) is 5.75 Å². The molecule has 6 heteroatoms. The van der Waals surface area contributed by atoms with Crippen molar-refractivity contribution in [3.8, 4) is 0 Å². The van der Waals surface area contributed by atoms with E-state index in [4.69, 9.17) is 17.3 Å². The summed E-state index contributed by atoms with van der Waals surface area (Å²) in [5.74, 6) is -0.498. The first-order chi connectivity index (χ1) is 9.97. The number of benzene rings is 2. The molecule has 1 unspecified atom stereocenters. The number of carbonyl (C=O) groups is 1. The summed E-state index contributed by atoms with van der Waals surface area (Å²) in [6.45, 7) is 1.86. The standard InChI is InChI=1S/C15H15ClN2O2S/c1-10-4-2-3-5-14(10)21(20)9-15(19)18-13-8-11(16)6-7-12(13)17/h2-8H,9,17H2,1H3,(H,18,19). The van der Waals surface area contributed by atoms with E-state index in [1.54, 1.807) is 30.3 Å². The van der Waals surface area contributed by atoms with Gasteiger partial charge in [-0.3, -0.25) is 9.00 Å². The number of nitrogens with two attached hydrogens (primary N) is 1. The highest BCUT2D eigenvalue weighted by Gasteiger charge is 2.13. The Morgan fingerprint density at radius 3 is 2.71 bits per heavy atom. The molecule has 1 atom stereocenters. The lowest BCUT2D eigenvalue weighted by atomic mass is 10.2. The van der Waals surface area contributed by atoms with E-state index in [1.165, 1.54) is 0 Å². The zero-order valence-electron chi connectivity index (χ0n) is 11.4. The predicted molar refractivity (Wildman–Crippen MR) is 86.9 cm³/mol. The summed E-state index contributed by atoms with van der Waals surface area (Å²) in [6.07, 6.45) is 0. The van der Waals surface area contributed by atoms with E-state index in [9.17, 15) is 9.00 Å². The van der Waals surface area contributed by atoms with Crippen molar-refractivity contribution in [2.45, 2.75) is 11.8 Å². The molecule has 0 aliphatic heterocycles. The Hall–Kier alpha value is -1.85. The van der Waals surface area contributed by atoms with Gasteiger partial charge in [0, 0.05) is 9.92 Å². The molecule has 2 aromatic rings. The number of hydrogen-bond acceptors (Lipinski definition) is 3. The summed E-state index contributed by atoms with van der Waals surface area (Å²) >= 11 is 5.86. The Labute approximate surface area is 130 Å². The molecule has 0 heterocycles. The largest absolute Gasteiger partial charge is 0.397 e. The smallest absolute Gasteiger partial charge is 0.237 e. The monoisotopic (exact) mass is 322 g/mol. The van der Waals surface area contributed by atoms with Crippen LogP contribution in [0.3, 0.4) is 0 Å². The van der Waals surface area contributed by atoms with Crippen molar-refractivity contribution < 1.29 is 9.00 Å². The van der Waals surface area contributed by atoms with E-state index in [0.717, 1.165) is 5.56 Å². The lowest BCUT2D eigenvalue weighted by Crippen LogP contribution is -2.20. The van der Waals surface area contributed by atoms with Crippen molar-refractivity contribution in [3.63, 3.8) is 0 Å². The normalized spacial score (nSPS) is 11.9. The summed E-state index contributed by atoms with van der Waals surface area (Å²) in [7, 11) is -1.40. The van der Waals surface area contributed by atoms with Gasteiger partial charge in [-0.1, -0.05) is 29.8 Å². The molecule has 21 heavy (non-hydrogen) atoms. The van der Waals surface area contributed by atoms with E-state index in [1.807, 2.05) is 19.1 Å². The number of carbonyl (C=O) groups excluding carboxylic acids is 1.